The standard InChI is InChI=1S/C11H9BrFNS/c12-11-6-15-5-10(11)9-3-8(13)2-1-7(9)4-14/h1-3,5-6H,4,14H2. The average Bonchev–Trinajstić information content (AvgIpc) is 2.64. The summed E-state index contributed by atoms with van der Waals surface area (Å²) in [5, 5.41) is 3.96. The molecule has 0 radical (unpaired) electrons. The Morgan fingerprint density at radius 3 is 2.67 bits per heavy atom. The lowest BCUT2D eigenvalue weighted by molar-refractivity contribution is 0.627. The van der Waals surface area contributed by atoms with Crippen LogP contribution < -0.4 is 5.73 Å². The summed E-state index contributed by atoms with van der Waals surface area (Å²) in [5.74, 6) is -0.236. The normalized spacial score (nSPS) is 10.6. The van der Waals surface area contributed by atoms with E-state index in [1.54, 1.807) is 17.4 Å². The smallest absolute Gasteiger partial charge is 0.123 e. The van der Waals surface area contributed by atoms with E-state index in [-0.39, 0.29) is 5.82 Å². The van der Waals surface area contributed by atoms with Gasteiger partial charge in [0.15, 0.2) is 0 Å². The van der Waals surface area contributed by atoms with Gasteiger partial charge in [0.25, 0.3) is 0 Å². The third-order valence-corrected chi connectivity index (χ3v) is 3.90. The van der Waals surface area contributed by atoms with Crippen LogP contribution in [0.1, 0.15) is 5.56 Å². The first-order chi connectivity index (χ1) is 7.22. The number of hydrogen-bond acceptors (Lipinski definition) is 2. The van der Waals surface area contributed by atoms with Crippen molar-refractivity contribution in [2.75, 3.05) is 0 Å². The fraction of sp³-hybridized carbons (Fsp3) is 0.0909. The van der Waals surface area contributed by atoms with Crippen molar-refractivity contribution in [1.29, 1.82) is 0 Å². The van der Waals surface area contributed by atoms with Crippen molar-refractivity contribution in [1.82, 2.24) is 0 Å². The second-order valence-electron chi connectivity index (χ2n) is 3.14. The van der Waals surface area contributed by atoms with Crippen LogP contribution in [0.25, 0.3) is 11.1 Å². The molecule has 2 N–H and O–H groups in total. The Morgan fingerprint density at radius 1 is 1.27 bits per heavy atom. The lowest BCUT2D eigenvalue weighted by Crippen LogP contribution is -1.99. The molecule has 0 aliphatic rings. The van der Waals surface area contributed by atoms with Gasteiger partial charge in [-0.3, -0.25) is 0 Å². The highest BCUT2D eigenvalue weighted by molar-refractivity contribution is 9.10. The Bertz CT molecular complexity index is 481. The van der Waals surface area contributed by atoms with Gasteiger partial charge in [0.1, 0.15) is 5.82 Å². The summed E-state index contributed by atoms with van der Waals surface area (Å²) < 4.78 is 14.1. The first-order valence-corrected chi connectivity index (χ1v) is 6.16. The number of halogens is 2. The van der Waals surface area contributed by atoms with Crippen LogP contribution in [0, 0.1) is 5.82 Å². The maximum absolute atomic E-state index is 13.2. The lowest BCUT2D eigenvalue weighted by atomic mass is 10.0. The molecule has 0 amide bonds. The van der Waals surface area contributed by atoms with Crippen LogP contribution in [0.2, 0.25) is 0 Å². The molecule has 0 saturated carbocycles. The molecular formula is C11H9BrFNS. The van der Waals surface area contributed by atoms with Crippen LogP contribution in [0.15, 0.2) is 33.4 Å². The van der Waals surface area contributed by atoms with E-state index in [1.807, 2.05) is 10.8 Å². The molecule has 0 spiro atoms. The summed E-state index contributed by atoms with van der Waals surface area (Å²) in [5.41, 5.74) is 8.44. The number of benzene rings is 1. The topological polar surface area (TPSA) is 26.0 Å². The van der Waals surface area contributed by atoms with E-state index in [9.17, 15) is 4.39 Å². The van der Waals surface area contributed by atoms with Crippen molar-refractivity contribution in [3.8, 4) is 11.1 Å². The second-order valence-corrected chi connectivity index (χ2v) is 4.74. The number of thiophene rings is 1. The number of hydrogen-bond donors (Lipinski definition) is 1. The molecule has 2 rings (SSSR count). The van der Waals surface area contributed by atoms with Gasteiger partial charge in [0, 0.05) is 22.0 Å². The predicted molar refractivity (Wildman–Crippen MR) is 65.3 cm³/mol. The lowest BCUT2D eigenvalue weighted by Gasteiger charge is -2.06. The quantitative estimate of drug-likeness (QED) is 0.893. The Morgan fingerprint density at radius 2 is 2.07 bits per heavy atom. The maximum Gasteiger partial charge on any atom is 0.123 e. The van der Waals surface area contributed by atoms with Crippen LogP contribution in [0.3, 0.4) is 0 Å². The second kappa shape index (κ2) is 4.43. The fourth-order valence-electron chi connectivity index (χ4n) is 1.45. The Hall–Kier alpha value is -0.710. The molecule has 0 saturated heterocycles. The van der Waals surface area contributed by atoms with Crippen molar-refractivity contribution >= 4 is 27.3 Å². The van der Waals surface area contributed by atoms with E-state index >= 15 is 0 Å². The molecule has 1 nitrogen and oxygen atoms in total. The molecule has 2 aromatic rings. The molecular weight excluding hydrogens is 277 g/mol. The molecule has 0 unspecified atom stereocenters. The molecule has 0 aliphatic carbocycles. The molecule has 0 bridgehead atoms. The highest BCUT2D eigenvalue weighted by Gasteiger charge is 2.09. The SMILES string of the molecule is NCc1ccc(F)cc1-c1cscc1Br. The minimum atomic E-state index is -0.236. The van der Waals surface area contributed by atoms with E-state index in [4.69, 9.17) is 5.73 Å². The largest absolute Gasteiger partial charge is 0.326 e. The average molecular weight is 286 g/mol. The van der Waals surface area contributed by atoms with Gasteiger partial charge in [-0.25, -0.2) is 4.39 Å². The first kappa shape index (κ1) is 10.8. The third kappa shape index (κ3) is 2.12. The van der Waals surface area contributed by atoms with Gasteiger partial charge >= 0.3 is 0 Å². The molecule has 4 heteroatoms. The minimum Gasteiger partial charge on any atom is -0.326 e. The molecule has 0 atom stereocenters. The monoisotopic (exact) mass is 285 g/mol. The van der Waals surface area contributed by atoms with Crippen LogP contribution in [-0.4, -0.2) is 0 Å². The molecule has 78 valence electrons. The molecule has 1 aromatic heterocycles. The van der Waals surface area contributed by atoms with Crippen molar-refractivity contribution in [3.05, 3.63) is 44.8 Å². The van der Waals surface area contributed by atoms with Crippen molar-refractivity contribution in [3.63, 3.8) is 0 Å². The van der Waals surface area contributed by atoms with E-state index in [1.165, 1.54) is 12.1 Å². The summed E-state index contributed by atoms with van der Waals surface area (Å²) in [7, 11) is 0. The zero-order valence-corrected chi connectivity index (χ0v) is 10.2. The van der Waals surface area contributed by atoms with Gasteiger partial charge < -0.3 is 5.73 Å². The maximum atomic E-state index is 13.2. The first-order valence-electron chi connectivity index (χ1n) is 4.43. The third-order valence-electron chi connectivity index (χ3n) is 2.20. The fourth-order valence-corrected chi connectivity index (χ4v) is 2.96. The van der Waals surface area contributed by atoms with Crippen LogP contribution >= 0.6 is 27.3 Å². The molecule has 0 aliphatic heterocycles. The summed E-state index contributed by atoms with van der Waals surface area (Å²) >= 11 is 5.01. The van der Waals surface area contributed by atoms with Gasteiger partial charge in [-0.15, -0.1) is 0 Å². The minimum absolute atomic E-state index is 0.236. The highest BCUT2D eigenvalue weighted by atomic mass is 79.9. The van der Waals surface area contributed by atoms with Crippen molar-refractivity contribution < 1.29 is 4.39 Å². The van der Waals surface area contributed by atoms with Crippen LogP contribution in [0.4, 0.5) is 4.39 Å². The van der Waals surface area contributed by atoms with E-state index < -0.39 is 0 Å². The Labute approximate surface area is 99.9 Å². The van der Waals surface area contributed by atoms with E-state index in [0.717, 1.165) is 21.2 Å². The van der Waals surface area contributed by atoms with Gasteiger partial charge in [0.2, 0.25) is 0 Å². The summed E-state index contributed by atoms with van der Waals surface area (Å²) in [6, 6.07) is 4.69. The summed E-state index contributed by atoms with van der Waals surface area (Å²) in [6.07, 6.45) is 0. The molecule has 15 heavy (non-hydrogen) atoms. The Kier molecular flexibility index (Phi) is 3.19. The van der Waals surface area contributed by atoms with Crippen molar-refractivity contribution in [2.45, 2.75) is 6.54 Å². The number of nitrogens with two attached hydrogens (primary N) is 1. The predicted octanol–water partition coefficient (Wildman–Crippen LogP) is 3.78. The van der Waals surface area contributed by atoms with Crippen LogP contribution in [0.5, 0.6) is 0 Å². The van der Waals surface area contributed by atoms with Gasteiger partial charge in [-0.1, -0.05) is 6.07 Å². The van der Waals surface area contributed by atoms with Gasteiger partial charge in [-0.2, -0.15) is 11.3 Å². The van der Waals surface area contributed by atoms with Crippen LogP contribution in [-0.2, 0) is 6.54 Å². The van der Waals surface area contributed by atoms with E-state index in [2.05, 4.69) is 15.9 Å². The molecule has 0 fully saturated rings. The van der Waals surface area contributed by atoms with Crippen molar-refractivity contribution in [2.24, 2.45) is 5.73 Å². The van der Waals surface area contributed by atoms with E-state index in [0.29, 0.717) is 6.54 Å². The number of rotatable bonds is 2. The zero-order chi connectivity index (χ0) is 10.8. The molecule has 1 heterocycles. The zero-order valence-electron chi connectivity index (χ0n) is 7.84. The Balaban J connectivity index is 2.60. The summed E-state index contributed by atoms with van der Waals surface area (Å²) in [4.78, 5) is 0. The molecule has 1 aromatic carbocycles. The van der Waals surface area contributed by atoms with Gasteiger partial charge in [0.05, 0.1) is 0 Å². The van der Waals surface area contributed by atoms with Gasteiger partial charge in [-0.05, 0) is 44.6 Å². The highest BCUT2D eigenvalue weighted by Crippen LogP contribution is 2.34. The summed E-state index contributed by atoms with van der Waals surface area (Å²) in [6.45, 7) is 0.415.